The van der Waals surface area contributed by atoms with Gasteiger partial charge in [0, 0.05) is 17.8 Å². The molecular weight excluding hydrogens is 310 g/mol. The van der Waals surface area contributed by atoms with E-state index in [1.165, 1.54) is 11.3 Å². The zero-order valence-electron chi connectivity index (χ0n) is 11.6. The number of aromatic nitrogens is 2. The highest BCUT2D eigenvalue weighted by Gasteiger charge is 2.51. The largest absolute Gasteiger partial charge is 0.550 e. The number of thioether (sulfide) groups is 1. The van der Waals surface area contributed by atoms with E-state index < -0.39 is 17.8 Å². The van der Waals surface area contributed by atoms with E-state index in [0.29, 0.717) is 5.13 Å². The molecule has 1 N–H and O–H groups in total. The predicted molar refractivity (Wildman–Crippen MR) is 77.8 cm³/mol. The van der Waals surface area contributed by atoms with E-state index in [-0.39, 0.29) is 17.7 Å². The third-order valence-corrected chi connectivity index (χ3v) is 6.25. The summed E-state index contributed by atoms with van der Waals surface area (Å²) in [6, 6.07) is 0. The van der Waals surface area contributed by atoms with Crippen molar-refractivity contribution in [3.8, 4) is 0 Å². The lowest BCUT2D eigenvalue weighted by Gasteiger charge is -2.30. The van der Waals surface area contributed by atoms with Crippen LogP contribution in [0.15, 0.2) is 4.34 Å². The average molecular weight is 326 g/mol. The van der Waals surface area contributed by atoms with E-state index in [9.17, 15) is 14.7 Å². The van der Waals surface area contributed by atoms with Crippen molar-refractivity contribution < 1.29 is 14.7 Å². The number of nitrogens with one attached hydrogen (secondary N) is 1. The molecule has 1 heterocycles. The lowest BCUT2D eigenvalue weighted by Crippen LogP contribution is -2.43. The summed E-state index contributed by atoms with van der Waals surface area (Å²) in [6.07, 6.45) is 2.65. The first-order chi connectivity index (χ1) is 10.1. The molecule has 3 rings (SSSR count). The molecule has 114 valence electrons. The topological polar surface area (TPSA) is 95.0 Å². The van der Waals surface area contributed by atoms with Crippen LogP contribution in [0, 0.1) is 23.7 Å². The van der Waals surface area contributed by atoms with Crippen molar-refractivity contribution in [2.24, 2.45) is 23.7 Å². The molecule has 0 spiro atoms. The van der Waals surface area contributed by atoms with Gasteiger partial charge >= 0.3 is 0 Å². The van der Waals surface area contributed by atoms with Crippen LogP contribution in [0.25, 0.3) is 0 Å². The molecule has 21 heavy (non-hydrogen) atoms. The second kappa shape index (κ2) is 5.92. The van der Waals surface area contributed by atoms with Gasteiger partial charge in [0.2, 0.25) is 11.0 Å². The Morgan fingerprint density at radius 3 is 2.71 bits per heavy atom. The summed E-state index contributed by atoms with van der Waals surface area (Å²) in [7, 11) is 0. The number of anilines is 1. The van der Waals surface area contributed by atoms with Crippen molar-refractivity contribution in [3.63, 3.8) is 0 Å². The van der Waals surface area contributed by atoms with Crippen molar-refractivity contribution in [1.82, 2.24) is 10.2 Å². The van der Waals surface area contributed by atoms with E-state index >= 15 is 0 Å². The van der Waals surface area contributed by atoms with Crippen molar-refractivity contribution in [3.05, 3.63) is 0 Å². The van der Waals surface area contributed by atoms with Gasteiger partial charge in [-0.1, -0.05) is 30.0 Å². The van der Waals surface area contributed by atoms with Gasteiger partial charge < -0.3 is 15.2 Å². The van der Waals surface area contributed by atoms with Gasteiger partial charge in [0.25, 0.3) is 0 Å². The molecule has 0 unspecified atom stereocenters. The fraction of sp³-hybridized carbons (Fsp3) is 0.692. The Balaban J connectivity index is 1.70. The Morgan fingerprint density at radius 2 is 2.05 bits per heavy atom. The molecule has 2 bridgehead atoms. The minimum absolute atomic E-state index is 0.0939. The van der Waals surface area contributed by atoms with Gasteiger partial charge in [0.15, 0.2) is 4.34 Å². The van der Waals surface area contributed by atoms with Gasteiger partial charge in [-0.3, -0.25) is 4.79 Å². The first-order valence-corrected chi connectivity index (χ1v) is 8.88. The number of carbonyl (C=O) groups excluding carboxylic acids is 2. The third-order valence-electron chi connectivity index (χ3n) is 4.40. The molecule has 1 aromatic heterocycles. The van der Waals surface area contributed by atoms with Crippen molar-refractivity contribution >= 4 is 40.1 Å². The van der Waals surface area contributed by atoms with Crippen molar-refractivity contribution in [2.45, 2.75) is 30.5 Å². The minimum Gasteiger partial charge on any atom is -0.550 e. The van der Waals surface area contributed by atoms with E-state index in [4.69, 9.17) is 0 Å². The van der Waals surface area contributed by atoms with Crippen LogP contribution in [0.2, 0.25) is 0 Å². The van der Waals surface area contributed by atoms with Crippen LogP contribution in [-0.2, 0) is 9.59 Å². The lowest BCUT2D eigenvalue weighted by molar-refractivity contribution is -0.314. The number of amides is 1. The van der Waals surface area contributed by atoms with Crippen LogP contribution < -0.4 is 10.4 Å². The molecule has 4 atom stereocenters. The number of hydrogen-bond donors (Lipinski definition) is 1. The molecule has 2 aliphatic carbocycles. The number of nitrogens with zero attached hydrogens (tertiary/aromatic N) is 2. The zero-order chi connectivity index (χ0) is 15.0. The number of carbonyl (C=O) groups is 2. The van der Waals surface area contributed by atoms with Crippen LogP contribution in [0.5, 0.6) is 0 Å². The number of fused-ring (bicyclic) bond motifs is 2. The third kappa shape index (κ3) is 2.78. The second-order valence-corrected chi connectivity index (χ2v) is 7.99. The van der Waals surface area contributed by atoms with E-state index in [2.05, 4.69) is 15.5 Å². The van der Waals surface area contributed by atoms with Crippen molar-refractivity contribution in [1.29, 1.82) is 0 Å². The highest BCUT2D eigenvalue weighted by molar-refractivity contribution is 8.01. The quantitative estimate of drug-likeness (QED) is 0.641. The van der Waals surface area contributed by atoms with E-state index in [0.717, 1.165) is 29.4 Å². The highest BCUT2D eigenvalue weighted by atomic mass is 32.2. The molecule has 0 radical (unpaired) electrons. The Kier molecular flexibility index (Phi) is 4.17. The fourth-order valence-electron chi connectivity index (χ4n) is 3.64. The fourth-order valence-corrected chi connectivity index (χ4v) is 5.29. The zero-order valence-corrected chi connectivity index (χ0v) is 13.2. The maximum Gasteiger partial charge on any atom is 0.230 e. The van der Waals surface area contributed by atoms with Crippen LogP contribution >= 0.6 is 23.1 Å². The molecule has 0 aromatic carbocycles. The molecule has 1 aromatic rings. The maximum absolute atomic E-state index is 12.4. The number of carboxylic acids is 1. The van der Waals surface area contributed by atoms with Crippen molar-refractivity contribution in [2.75, 3.05) is 11.1 Å². The molecule has 0 aliphatic heterocycles. The molecule has 2 saturated carbocycles. The molecule has 2 fully saturated rings. The number of hydrogen-bond acceptors (Lipinski definition) is 7. The summed E-state index contributed by atoms with van der Waals surface area (Å²) >= 11 is 2.88. The summed E-state index contributed by atoms with van der Waals surface area (Å²) in [5.74, 6) is -1.34. The van der Waals surface area contributed by atoms with Gasteiger partial charge in [0.1, 0.15) is 0 Å². The molecule has 6 nitrogen and oxygen atoms in total. The lowest BCUT2D eigenvalue weighted by atomic mass is 9.79. The molecule has 2 aliphatic rings. The van der Waals surface area contributed by atoms with Crippen LogP contribution in [0.1, 0.15) is 26.2 Å². The Hall–Kier alpha value is -1.15. The minimum atomic E-state index is -1.10. The maximum atomic E-state index is 12.4. The van der Waals surface area contributed by atoms with Gasteiger partial charge in [-0.2, -0.15) is 0 Å². The number of aliphatic carboxylic acids is 1. The molecule has 1 amide bonds. The number of carboxylic acid groups (broad SMARTS) is 1. The monoisotopic (exact) mass is 326 g/mol. The molecule has 8 heteroatoms. The summed E-state index contributed by atoms with van der Waals surface area (Å²) < 4.78 is 0.803. The summed E-state index contributed by atoms with van der Waals surface area (Å²) in [4.78, 5) is 23.7. The Labute approximate surface area is 130 Å². The van der Waals surface area contributed by atoms with E-state index in [1.54, 1.807) is 11.8 Å². The smallest absolute Gasteiger partial charge is 0.230 e. The molecular formula is C13H16N3O3S2-. The SMILES string of the molecule is CCSc1nnc(NC(=O)[C@H]2[C@H]3CC[C@@H](C3)[C@@H]2C(=O)[O-])s1. The molecule has 0 saturated heterocycles. The van der Waals surface area contributed by atoms with Gasteiger partial charge in [-0.15, -0.1) is 10.2 Å². The van der Waals surface area contributed by atoms with Gasteiger partial charge in [-0.05, 0) is 36.9 Å². The van der Waals surface area contributed by atoms with Crippen LogP contribution in [0.3, 0.4) is 0 Å². The Morgan fingerprint density at radius 1 is 1.33 bits per heavy atom. The number of rotatable bonds is 5. The summed E-state index contributed by atoms with van der Waals surface area (Å²) in [6.45, 7) is 2.02. The summed E-state index contributed by atoms with van der Waals surface area (Å²) in [5, 5.41) is 22.4. The highest BCUT2D eigenvalue weighted by Crippen LogP contribution is 2.52. The second-order valence-electron chi connectivity index (χ2n) is 5.50. The summed E-state index contributed by atoms with van der Waals surface area (Å²) in [5.41, 5.74) is 0. The first kappa shape index (κ1) is 14.8. The van der Waals surface area contributed by atoms with E-state index in [1.807, 2.05) is 6.92 Å². The van der Waals surface area contributed by atoms with Gasteiger partial charge in [-0.25, -0.2) is 0 Å². The standard InChI is InChI=1S/C13H17N3O3S2/c1-2-20-13-16-15-12(21-13)14-10(17)8-6-3-4-7(5-6)9(8)11(18)19/h6-9H,2-5H2,1H3,(H,18,19)(H,14,15,17)/p-1/t6-,7-,8-,9-/m0/s1. The van der Waals surface area contributed by atoms with Gasteiger partial charge in [0.05, 0.1) is 0 Å². The average Bonchev–Trinajstić information content (AvgIpc) is 3.13. The Bertz CT molecular complexity index is 563. The first-order valence-electron chi connectivity index (χ1n) is 7.08. The normalized spacial score (nSPS) is 30.5. The predicted octanol–water partition coefficient (Wildman–Crippen LogP) is 1.00. The van der Waals surface area contributed by atoms with Crippen LogP contribution in [-0.4, -0.2) is 27.8 Å². The van der Waals surface area contributed by atoms with Crippen LogP contribution in [0.4, 0.5) is 5.13 Å².